The zero-order chi connectivity index (χ0) is 11.0. The molecule has 0 aromatic heterocycles. The van der Waals surface area contributed by atoms with Gasteiger partial charge in [0.15, 0.2) is 0 Å². The molecule has 3 heteroatoms. The van der Waals surface area contributed by atoms with Crippen LogP contribution < -0.4 is 5.32 Å². The lowest BCUT2D eigenvalue weighted by Crippen LogP contribution is -2.49. The number of piperazine rings is 1. The summed E-state index contributed by atoms with van der Waals surface area (Å²) < 4.78 is 0. The molecule has 1 N–H and O–H groups in total. The lowest BCUT2D eigenvalue weighted by molar-refractivity contribution is 0.138. The highest BCUT2D eigenvalue weighted by Crippen LogP contribution is 2.32. The van der Waals surface area contributed by atoms with Crippen molar-refractivity contribution >= 4 is 11.6 Å². The molecule has 1 aromatic carbocycles. The smallest absolute Gasteiger partial charge is 0.0476 e. The number of nitrogens with one attached hydrogen (secondary N) is 1. The van der Waals surface area contributed by atoms with Crippen molar-refractivity contribution in [2.24, 2.45) is 0 Å². The van der Waals surface area contributed by atoms with E-state index in [-0.39, 0.29) is 0 Å². The summed E-state index contributed by atoms with van der Waals surface area (Å²) in [6.45, 7) is 3.44. The Kier molecular flexibility index (Phi) is 2.88. The van der Waals surface area contributed by atoms with Crippen molar-refractivity contribution in [1.29, 1.82) is 0 Å². The van der Waals surface area contributed by atoms with Crippen LogP contribution in [0.15, 0.2) is 24.3 Å². The lowest BCUT2D eigenvalue weighted by Gasteiger charge is -2.38. The van der Waals surface area contributed by atoms with Gasteiger partial charge in [-0.15, -0.1) is 0 Å². The molecule has 0 amide bonds. The van der Waals surface area contributed by atoms with Crippen molar-refractivity contribution in [2.45, 2.75) is 24.9 Å². The van der Waals surface area contributed by atoms with Gasteiger partial charge in [0, 0.05) is 30.2 Å². The van der Waals surface area contributed by atoms with Crippen molar-refractivity contribution in [2.75, 3.05) is 19.6 Å². The van der Waals surface area contributed by atoms with Crippen LogP contribution in [-0.2, 0) is 0 Å². The SMILES string of the molecule is Clc1cccc(C2CNCC3CCCN32)c1. The van der Waals surface area contributed by atoms with E-state index >= 15 is 0 Å². The van der Waals surface area contributed by atoms with Gasteiger partial charge in [0.05, 0.1) is 0 Å². The minimum absolute atomic E-state index is 0.514. The number of nitrogens with zero attached hydrogens (tertiary/aromatic N) is 1. The first-order valence-corrected chi connectivity index (χ1v) is 6.44. The lowest BCUT2D eigenvalue weighted by atomic mass is 10.0. The zero-order valence-corrected chi connectivity index (χ0v) is 10.1. The van der Waals surface area contributed by atoms with Crippen LogP contribution >= 0.6 is 11.6 Å². The van der Waals surface area contributed by atoms with Crippen molar-refractivity contribution in [3.63, 3.8) is 0 Å². The average Bonchev–Trinajstić information content (AvgIpc) is 2.76. The Morgan fingerprint density at radius 1 is 1.31 bits per heavy atom. The molecule has 0 radical (unpaired) electrons. The molecule has 0 bridgehead atoms. The van der Waals surface area contributed by atoms with Crippen molar-refractivity contribution in [3.05, 3.63) is 34.9 Å². The van der Waals surface area contributed by atoms with Gasteiger partial charge in [0.2, 0.25) is 0 Å². The molecule has 1 aromatic rings. The van der Waals surface area contributed by atoms with E-state index in [0.29, 0.717) is 6.04 Å². The van der Waals surface area contributed by atoms with E-state index in [0.717, 1.165) is 24.2 Å². The van der Waals surface area contributed by atoms with Crippen LogP contribution in [0.3, 0.4) is 0 Å². The monoisotopic (exact) mass is 236 g/mol. The fourth-order valence-electron chi connectivity index (χ4n) is 3.01. The summed E-state index contributed by atoms with van der Waals surface area (Å²) in [6.07, 6.45) is 2.67. The second-order valence-corrected chi connectivity index (χ2v) is 5.20. The first-order valence-electron chi connectivity index (χ1n) is 6.06. The molecule has 2 nitrogen and oxygen atoms in total. The summed E-state index contributed by atoms with van der Waals surface area (Å²) in [6, 6.07) is 9.55. The fourth-order valence-corrected chi connectivity index (χ4v) is 3.21. The standard InChI is InChI=1S/C13H17ClN2/c14-11-4-1-3-10(7-11)13-9-15-8-12-5-2-6-16(12)13/h1,3-4,7,12-13,15H,2,5-6,8-9H2. The maximum atomic E-state index is 6.07. The molecule has 2 aliphatic rings. The van der Waals surface area contributed by atoms with E-state index < -0.39 is 0 Å². The third-order valence-corrected chi connectivity index (χ3v) is 4.01. The maximum Gasteiger partial charge on any atom is 0.0476 e. The third-order valence-electron chi connectivity index (χ3n) is 3.77. The van der Waals surface area contributed by atoms with Crippen LogP contribution in [0.2, 0.25) is 5.02 Å². The number of fused-ring (bicyclic) bond motifs is 1. The zero-order valence-electron chi connectivity index (χ0n) is 9.32. The first kappa shape index (κ1) is 10.6. The Balaban J connectivity index is 1.88. The highest BCUT2D eigenvalue weighted by Gasteiger charge is 2.34. The maximum absolute atomic E-state index is 6.07. The second kappa shape index (κ2) is 4.36. The average molecular weight is 237 g/mol. The van der Waals surface area contributed by atoms with Gasteiger partial charge < -0.3 is 5.32 Å². The van der Waals surface area contributed by atoms with Gasteiger partial charge in [-0.05, 0) is 37.1 Å². The topological polar surface area (TPSA) is 15.3 Å². The summed E-state index contributed by atoms with van der Waals surface area (Å²) >= 11 is 6.07. The molecule has 16 heavy (non-hydrogen) atoms. The van der Waals surface area contributed by atoms with Gasteiger partial charge in [-0.3, -0.25) is 4.90 Å². The molecule has 0 spiro atoms. The molecule has 2 saturated heterocycles. The van der Waals surface area contributed by atoms with E-state index in [1.54, 1.807) is 0 Å². The fraction of sp³-hybridized carbons (Fsp3) is 0.538. The minimum Gasteiger partial charge on any atom is -0.313 e. The Bertz CT molecular complexity index is 380. The van der Waals surface area contributed by atoms with Gasteiger partial charge in [0.1, 0.15) is 0 Å². The Morgan fingerprint density at radius 2 is 2.25 bits per heavy atom. The Labute approximate surface area is 102 Å². The van der Waals surface area contributed by atoms with Crippen molar-refractivity contribution in [3.8, 4) is 0 Å². The highest BCUT2D eigenvalue weighted by atomic mass is 35.5. The van der Waals surface area contributed by atoms with Crippen LogP contribution in [-0.4, -0.2) is 30.6 Å². The number of halogens is 1. The summed E-state index contributed by atoms with van der Waals surface area (Å²) in [5.74, 6) is 0. The van der Waals surface area contributed by atoms with Gasteiger partial charge >= 0.3 is 0 Å². The van der Waals surface area contributed by atoms with Crippen molar-refractivity contribution in [1.82, 2.24) is 10.2 Å². The molecule has 2 aliphatic heterocycles. The molecule has 3 rings (SSSR count). The minimum atomic E-state index is 0.514. The van der Waals surface area contributed by atoms with E-state index in [4.69, 9.17) is 11.6 Å². The predicted molar refractivity (Wildman–Crippen MR) is 66.8 cm³/mol. The normalized spacial score (nSPS) is 30.3. The van der Waals surface area contributed by atoms with Crippen LogP contribution in [0.1, 0.15) is 24.4 Å². The van der Waals surface area contributed by atoms with Crippen LogP contribution in [0, 0.1) is 0 Å². The predicted octanol–water partition coefficient (Wildman–Crippen LogP) is 2.45. The highest BCUT2D eigenvalue weighted by molar-refractivity contribution is 6.30. The number of hydrogen-bond donors (Lipinski definition) is 1. The quantitative estimate of drug-likeness (QED) is 0.806. The third kappa shape index (κ3) is 1.86. The molecule has 0 saturated carbocycles. The van der Waals surface area contributed by atoms with Crippen molar-refractivity contribution < 1.29 is 0 Å². The molecule has 2 fully saturated rings. The number of benzene rings is 1. The van der Waals surface area contributed by atoms with Crippen LogP contribution in [0.5, 0.6) is 0 Å². The largest absolute Gasteiger partial charge is 0.313 e. The van der Waals surface area contributed by atoms with E-state index in [1.165, 1.54) is 24.9 Å². The molecule has 2 atom stereocenters. The number of rotatable bonds is 1. The molecular formula is C13H17ClN2. The van der Waals surface area contributed by atoms with Crippen LogP contribution in [0.4, 0.5) is 0 Å². The summed E-state index contributed by atoms with van der Waals surface area (Å²) in [4.78, 5) is 2.64. The summed E-state index contributed by atoms with van der Waals surface area (Å²) in [5, 5.41) is 4.39. The molecule has 0 aliphatic carbocycles. The van der Waals surface area contributed by atoms with E-state index in [1.807, 2.05) is 6.07 Å². The Morgan fingerprint density at radius 3 is 3.12 bits per heavy atom. The van der Waals surface area contributed by atoms with Gasteiger partial charge in [-0.25, -0.2) is 0 Å². The van der Waals surface area contributed by atoms with E-state index in [2.05, 4.69) is 28.4 Å². The second-order valence-electron chi connectivity index (χ2n) is 4.76. The van der Waals surface area contributed by atoms with Crippen LogP contribution in [0.25, 0.3) is 0 Å². The molecule has 2 unspecified atom stereocenters. The Hall–Kier alpha value is -0.570. The molecule has 2 heterocycles. The van der Waals surface area contributed by atoms with Gasteiger partial charge in [0.25, 0.3) is 0 Å². The molecular weight excluding hydrogens is 220 g/mol. The van der Waals surface area contributed by atoms with Gasteiger partial charge in [-0.2, -0.15) is 0 Å². The van der Waals surface area contributed by atoms with Gasteiger partial charge in [-0.1, -0.05) is 23.7 Å². The first-order chi connectivity index (χ1) is 7.84. The molecule has 86 valence electrons. The number of hydrogen-bond acceptors (Lipinski definition) is 2. The summed E-state index contributed by atoms with van der Waals surface area (Å²) in [5.41, 5.74) is 1.35. The van der Waals surface area contributed by atoms with E-state index in [9.17, 15) is 0 Å². The summed E-state index contributed by atoms with van der Waals surface area (Å²) in [7, 11) is 0.